The first-order chi connectivity index (χ1) is 4.36. The van der Waals surface area contributed by atoms with E-state index >= 15 is 0 Å². The van der Waals surface area contributed by atoms with Crippen LogP contribution in [0, 0.1) is 5.92 Å². The molecular formula is C7H10NO. The predicted octanol–water partition coefficient (Wildman–Crippen LogP) is 0.633. The molecule has 0 aromatic rings. The Kier molecular flexibility index (Phi) is 1.01. The lowest BCUT2D eigenvalue weighted by atomic mass is 10.4. The smallest absolute Gasteiger partial charge is 0.227 e. The SMILES string of the molecule is O=C(NC1CC1)[C]1CC1. The highest BCUT2D eigenvalue weighted by Crippen LogP contribution is 2.32. The van der Waals surface area contributed by atoms with E-state index < -0.39 is 0 Å². The first-order valence-electron chi connectivity index (χ1n) is 3.52. The summed E-state index contributed by atoms with van der Waals surface area (Å²) in [4.78, 5) is 10.9. The molecule has 0 saturated heterocycles. The van der Waals surface area contributed by atoms with E-state index in [0.717, 1.165) is 18.8 Å². The maximum atomic E-state index is 10.9. The molecule has 2 fully saturated rings. The Bertz CT molecular complexity index is 136. The molecule has 2 aliphatic rings. The van der Waals surface area contributed by atoms with Gasteiger partial charge in [-0.25, -0.2) is 0 Å². The van der Waals surface area contributed by atoms with Crippen molar-refractivity contribution >= 4 is 5.91 Å². The van der Waals surface area contributed by atoms with Crippen LogP contribution in [0.3, 0.4) is 0 Å². The van der Waals surface area contributed by atoms with Crippen LogP contribution < -0.4 is 5.32 Å². The first-order valence-corrected chi connectivity index (χ1v) is 3.52. The molecule has 2 rings (SSSR count). The largest absolute Gasteiger partial charge is 0.353 e. The standard InChI is InChI=1S/C7H10NO/c9-7(5-1-2-5)8-6-3-4-6/h6H,1-4H2,(H,8,9). The Labute approximate surface area is 54.6 Å². The van der Waals surface area contributed by atoms with Gasteiger partial charge < -0.3 is 5.32 Å². The molecule has 2 aliphatic carbocycles. The second kappa shape index (κ2) is 1.72. The molecule has 0 spiro atoms. The fourth-order valence-electron chi connectivity index (χ4n) is 0.805. The molecule has 1 radical (unpaired) electrons. The summed E-state index contributed by atoms with van der Waals surface area (Å²) >= 11 is 0. The van der Waals surface area contributed by atoms with Crippen LogP contribution in [0.25, 0.3) is 0 Å². The molecule has 0 atom stereocenters. The predicted molar refractivity (Wildman–Crippen MR) is 33.6 cm³/mol. The summed E-state index contributed by atoms with van der Waals surface area (Å²) in [5.74, 6) is 1.32. The summed E-state index contributed by atoms with van der Waals surface area (Å²) in [6.07, 6.45) is 4.47. The van der Waals surface area contributed by atoms with Crippen molar-refractivity contribution in [3.8, 4) is 0 Å². The van der Waals surface area contributed by atoms with Crippen molar-refractivity contribution in [1.29, 1.82) is 0 Å². The van der Waals surface area contributed by atoms with Gasteiger partial charge in [0.05, 0.1) is 5.92 Å². The summed E-state index contributed by atoms with van der Waals surface area (Å²) in [7, 11) is 0. The van der Waals surface area contributed by atoms with Crippen molar-refractivity contribution < 1.29 is 4.79 Å². The van der Waals surface area contributed by atoms with E-state index in [-0.39, 0.29) is 5.91 Å². The molecule has 0 bridgehead atoms. The summed E-state index contributed by atoms with van der Waals surface area (Å²) in [5.41, 5.74) is 0. The lowest BCUT2D eigenvalue weighted by molar-refractivity contribution is -0.118. The molecule has 0 aromatic carbocycles. The first kappa shape index (κ1) is 5.27. The Balaban J connectivity index is 1.75. The fourth-order valence-corrected chi connectivity index (χ4v) is 0.805. The molecule has 1 amide bonds. The van der Waals surface area contributed by atoms with E-state index in [4.69, 9.17) is 0 Å². The van der Waals surface area contributed by atoms with E-state index in [0.29, 0.717) is 6.04 Å². The van der Waals surface area contributed by atoms with Crippen LogP contribution in [0.1, 0.15) is 25.7 Å². The van der Waals surface area contributed by atoms with Gasteiger partial charge in [0.25, 0.3) is 0 Å². The molecule has 1 N–H and O–H groups in total. The summed E-state index contributed by atoms with van der Waals surface area (Å²) in [5, 5.41) is 2.94. The topological polar surface area (TPSA) is 29.1 Å². The lowest BCUT2D eigenvalue weighted by Gasteiger charge is -1.97. The van der Waals surface area contributed by atoms with E-state index in [1.54, 1.807) is 0 Å². The van der Waals surface area contributed by atoms with Gasteiger partial charge in [0, 0.05) is 6.04 Å². The van der Waals surface area contributed by atoms with Crippen LogP contribution >= 0.6 is 0 Å². The zero-order chi connectivity index (χ0) is 6.27. The molecule has 49 valence electrons. The molecule has 2 saturated carbocycles. The monoisotopic (exact) mass is 124 g/mol. The third-order valence-electron chi connectivity index (χ3n) is 1.73. The van der Waals surface area contributed by atoms with Gasteiger partial charge in [-0.2, -0.15) is 0 Å². The number of hydrogen-bond donors (Lipinski definition) is 1. The van der Waals surface area contributed by atoms with Gasteiger partial charge in [-0.15, -0.1) is 0 Å². The molecule has 0 unspecified atom stereocenters. The van der Waals surface area contributed by atoms with Crippen molar-refractivity contribution in [2.24, 2.45) is 0 Å². The summed E-state index contributed by atoms with van der Waals surface area (Å²) < 4.78 is 0. The Morgan fingerprint density at radius 3 is 2.56 bits per heavy atom. The highest BCUT2D eigenvalue weighted by molar-refractivity contribution is 5.93. The van der Waals surface area contributed by atoms with E-state index in [1.807, 2.05) is 0 Å². The number of rotatable bonds is 2. The number of amides is 1. The van der Waals surface area contributed by atoms with Crippen molar-refractivity contribution in [3.05, 3.63) is 5.92 Å². The molecule has 0 aromatic heterocycles. The molecule has 2 nitrogen and oxygen atoms in total. The zero-order valence-corrected chi connectivity index (χ0v) is 5.31. The van der Waals surface area contributed by atoms with Gasteiger partial charge in [-0.1, -0.05) is 0 Å². The quantitative estimate of drug-likeness (QED) is 0.575. The van der Waals surface area contributed by atoms with E-state index in [2.05, 4.69) is 5.32 Å². The van der Waals surface area contributed by atoms with Crippen LogP contribution in [0.15, 0.2) is 0 Å². The van der Waals surface area contributed by atoms with Gasteiger partial charge >= 0.3 is 0 Å². The van der Waals surface area contributed by atoms with Crippen LogP contribution in [-0.4, -0.2) is 11.9 Å². The maximum absolute atomic E-state index is 10.9. The highest BCUT2D eigenvalue weighted by Gasteiger charge is 2.34. The second-order valence-electron chi connectivity index (χ2n) is 2.85. The fraction of sp³-hybridized carbons (Fsp3) is 0.714. The van der Waals surface area contributed by atoms with Crippen molar-refractivity contribution in [2.75, 3.05) is 0 Å². The van der Waals surface area contributed by atoms with Gasteiger partial charge in [-0.3, -0.25) is 4.79 Å². The van der Waals surface area contributed by atoms with E-state index in [1.165, 1.54) is 12.8 Å². The average molecular weight is 124 g/mol. The minimum absolute atomic E-state index is 0.220. The number of nitrogens with one attached hydrogen (secondary N) is 1. The molecule has 0 heterocycles. The number of carbonyl (C=O) groups is 1. The Morgan fingerprint density at radius 1 is 1.44 bits per heavy atom. The van der Waals surface area contributed by atoms with Crippen LogP contribution in [-0.2, 0) is 4.79 Å². The number of hydrogen-bond acceptors (Lipinski definition) is 1. The molecular weight excluding hydrogens is 114 g/mol. The van der Waals surface area contributed by atoms with Gasteiger partial charge in [-0.05, 0) is 25.7 Å². The molecule has 0 aliphatic heterocycles. The van der Waals surface area contributed by atoms with Crippen LogP contribution in [0.2, 0.25) is 0 Å². The Hall–Kier alpha value is -0.530. The maximum Gasteiger partial charge on any atom is 0.227 e. The van der Waals surface area contributed by atoms with Gasteiger partial charge in [0.15, 0.2) is 0 Å². The van der Waals surface area contributed by atoms with Crippen LogP contribution in [0.5, 0.6) is 0 Å². The third-order valence-corrected chi connectivity index (χ3v) is 1.73. The van der Waals surface area contributed by atoms with Crippen molar-refractivity contribution in [1.82, 2.24) is 5.32 Å². The Morgan fingerprint density at radius 2 is 2.11 bits per heavy atom. The zero-order valence-electron chi connectivity index (χ0n) is 5.31. The van der Waals surface area contributed by atoms with Crippen molar-refractivity contribution in [2.45, 2.75) is 31.7 Å². The summed E-state index contributed by atoms with van der Waals surface area (Å²) in [6, 6.07) is 0.533. The highest BCUT2D eigenvalue weighted by atomic mass is 16.2. The normalized spacial score (nSPS) is 25.8. The molecule has 2 heteroatoms. The summed E-state index contributed by atoms with van der Waals surface area (Å²) in [6.45, 7) is 0. The minimum atomic E-state index is 0.220. The molecule has 9 heavy (non-hydrogen) atoms. The second-order valence-corrected chi connectivity index (χ2v) is 2.85. The third kappa shape index (κ3) is 1.23. The minimum Gasteiger partial charge on any atom is -0.353 e. The van der Waals surface area contributed by atoms with Crippen molar-refractivity contribution in [3.63, 3.8) is 0 Å². The van der Waals surface area contributed by atoms with Gasteiger partial charge in [0.2, 0.25) is 5.91 Å². The van der Waals surface area contributed by atoms with Gasteiger partial charge in [0.1, 0.15) is 0 Å². The van der Waals surface area contributed by atoms with Crippen LogP contribution in [0.4, 0.5) is 0 Å². The number of carbonyl (C=O) groups excluding carboxylic acids is 1. The lowest BCUT2D eigenvalue weighted by Crippen LogP contribution is -2.25. The average Bonchev–Trinajstić information content (AvgIpc) is 2.62. The van der Waals surface area contributed by atoms with E-state index in [9.17, 15) is 4.79 Å².